The molecule has 0 amide bonds. The van der Waals surface area contributed by atoms with Gasteiger partial charge in [-0.2, -0.15) is 0 Å². The van der Waals surface area contributed by atoms with Crippen LogP contribution < -0.4 is 0 Å². The van der Waals surface area contributed by atoms with Crippen LogP contribution in [0.5, 0.6) is 0 Å². The number of pyridine rings is 1. The highest BCUT2D eigenvalue weighted by molar-refractivity contribution is 5.33. The van der Waals surface area contributed by atoms with E-state index >= 15 is 0 Å². The maximum atomic E-state index is 9.74. The largest absolute Gasteiger partial charge is 0.388 e. The van der Waals surface area contributed by atoms with Crippen molar-refractivity contribution < 1.29 is 14.9 Å². The zero-order valence-electron chi connectivity index (χ0n) is 9.58. The Morgan fingerprint density at radius 1 is 1.41 bits per heavy atom. The highest BCUT2D eigenvalue weighted by atomic mass is 16.5. The minimum Gasteiger partial charge on any atom is -0.388 e. The molecule has 0 aromatic carbocycles. The molecule has 0 radical (unpaired) electrons. The van der Waals surface area contributed by atoms with Gasteiger partial charge in [0.15, 0.2) is 0 Å². The number of aromatic nitrogens is 1. The van der Waals surface area contributed by atoms with Crippen LogP contribution in [-0.2, 0) is 4.74 Å². The van der Waals surface area contributed by atoms with Crippen molar-refractivity contribution in [3.05, 3.63) is 30.1 Å². The van der Waals surface area contributed by atoms with Gasteiger partial charge in [0.2, 0.25) is 0 Å². The molecule has 0 bridgehead atoms. The zero-order valence-corrected chi connectivity index (χ0v) is 9.58. The molecule has 4 atom stereocenters. The summed E-state index contributed by atoms with van der Waals surface area (Å²) >= 11 is 0. The molecule has 1 aromatic rings. The SMILES string of the molecule is CC[C@H]1O[C@@H](C#Cc2cccnc2)[C@H](O)[C@@H]1O. The first kappa shape index (κ1) is 12.1. The number of aliphatic hydroxyl groups is 2. The lowest BCUT2D eigenvalue weighted by Gasteiger charge is -2.10. The van der Waals surface area contributed by atoms with Crippen LogP contribution in [-0.4, -0.2) is 39.6 Å². The molecule has 1 aliphatic rings. The monoisotopic (exact) mass is 233 g/mol. The zero-order chi connectivity index (χ0) is 12.3. The molecule has 2 heterocycles. The summed E-state index contributed by atoms with van der Waals surface area (Å²) in [6.07, 6.45) is 1.21. The number of nitrogens with zero attached hydrogens (tertiary/aromatic N) is 1. The normalized spacial score (nSPS) is 31.9. The molecule has 90 valence electrons. The molecule has 1 aromatic heterocycles. The molecule has 0 unspecified atom stereocenters. The Morgan fingerprint density at radius 3 is 2.82 bits per heavy atom. The summed E-state index contributed by atoms with van der Waals surface area (Å²) in [6.45, 7) is 1.90. The minimum atomic E-state index is -0.941. The lowest BCUT2D eigenvalue weighted by atomic mass is 10.1. The lowest BCUT2D eigenvalue weighted by molar-refractivity contribution is 0.0201. The second-order valence-corrected chi connectivity index (χ2v) is 4.00. The van der Waals surface area contributed by atoms with Crippen LogP contribution >= 0.6 is 0 Å². The van der Waals surface area contributed by atoms with Gasteiger partial charge in [0.25, 0.3) is 0 Å². The molecule has 2 N–H and O–H groups in total. The third kappa shape index (κ3) is 2.64. The van der Waals surface area contributed by atoms with Gasteiger partial charge in [-0.25, -0.2) is 0 Å². The molecular formula is C13H15NO3. The summed E-state index contributed by atoms with van der Waals surface area (Å²) in [7, 11) is 0. The molecule has 17 heavy (non-hydrogen) atoms. The Bertz CT molecular complexity index is 423. The van der Waals surface area contributed by atoms with E-state index in [9.17, 15) is 10.2 Å². The third-order valence-electron chi connectivity index (χ3n) is 2.79. The summed E-state index contributed by atoms with van der Waals surface area (Å²) in [5.74, 6) is 5.69. The molecule has 2 rings (SSSR count). The van der Waals surface area contributed by atoms with E-state index in [-0.39, 0.29) is 6.10 Å². The Balaban J connectivity index is 2.08. The molecule has 4 heteroatoms. The minimum absolute atomic E-state index is 0.335. The Morgan fingerprint density at radius 2 is 2.24 bits per heavy atom. The van der Waals surface area contributed by atoms with Crippen LogP contribution in [0.1, 0.15) is 18.9 Å². The quantitative estimate of drug-likeness (QED) is 0.686. The maximum Gasteiger partial charge on any atom is 0.147 e. The van der Waals surface area contributed by atoms with E-state index in [2.05, 4.69) is 16.8 Å². The van der Waals surface area contributed by atoms with Gasteiger partial charge in [-0.1, -0.05) is 18.8 Å². The first-order valence-electron chi connectivity index (χ1n) is 5.65. The van der Waals surface area contributed by atoms with E-state index in [0.29, 0.717) is 6.42 Å². The summed E-state index contributed by atoms with van der Waals surface area (Å²) in [5, 5.41) is 19.4. The third-order valence-corrected chi connectivity index (χ3v) is 2.79. The summed E-state index contributed by atoms with van der Waals surface area (Å²) < 4.78 is 5.46. The Hall–Kier alpha value is -1.41. The highest BCUT2D eigenvalue weighted by Crippen LogP contribution is 2.22. The fraction of sp³-hybridized carbons (Fsp3) is 0.462. The van der Waals surface area contributed by atoms with Gasteiger partial charge in [-0.15, -0.1) is 0 Å². The maximum absolute atomic E-state index is 9.74. The topological polar surface area (TPSA) is 62.6 Å². The van der Waals surface area contributed by atoms with Gasteiger partial charge in [-0.05, 0) is 18.6 Å². The van der Waals surface area contributed by atoms with Gasteiger partial charge < -0.3 is 14.9 Å². The smallest absolute Gasteiger partial charge is 0.147 e. The van der Waals surface area contributed by atoms with Crippen LogP contribution in [0.25, 0.3) is 0 Å². The number of ether oxygens (including phenoxy) is 1. The van der Waals surface area contributed by atoms with Crippen molar-refractivity contribution in [1.29, 1.82) is 0 Å². The average molecular weight is 233 g/mol. The first-order valence-corrected chi connectivity index (χ1v) is 5.65. The van der Waals surface area contributed by atoms with E-state index in [1.54, 1.807) is 18.5 Å². The standard InChI is InChI=1S/C13H15NO3/c1-2-10-12(15)13(16)11(17-10)6-5-9-4-3-7-14-8-9/h3-4,7-8,10-13,15-16H,2H2,1H3/t10-,11+,12-,13+/m1/s1. The van der Waals surface area contributed by atoms with Crippen LogP contribution in [0, 0.1) is 11.8 Å². The van der Waals surface area contributed by atoms with Crippen molar-refractivity contribution in [2.24, 2.45) is 0 Å². The lowest BCUT2D eigenvalue weighted by Crippen LogP contribution is -2.31. The second-order valence-electron chi connectivity index (χ2n) is 4.00. The molecule has 1 aliphatic heterocycles. The predicted octanol–water partition coefficient (Wildman–Crippen LogP) is 0.332. The van der Waals surface area contributed by atoms with Crippen LogP contribution in [0.15, 0.2) is 24.5 Å². The first-order chi connectivity index (χ1) is 8.22. The molecule has 1 saturated heterocycles. The summed E-state index contributed by atoms with van der Waals surface area (Å²) in [6, 6.07) is 3.62. The van der Waals surface area contributed by atoms with Crippen molar-refractivity contribution in [2.75, 3.05) is 0 Å². The fourth-order valence-electron chi connectivity index (χ4n) is 1.80. The summed E-state index contributed by atoms with van der Waals surface area (Å²) in [4.78, 5) is 3.94. The van der Waals surface area contributed by atoms with Gasteiger partial charge in [0, 0.05) is 18.0 Å². The average Bonchev–Trinajstić information content (AvgIpc) is 2.65. The highest BCUT2D eigenvalue weighted by Gasteiger charge is 2.40. The van der Waals surface area contributed by atoms with E-state index in [1.165, 1.54) is 0 Å². The second kappa shape index (κ2) is 5.28. The predicted molar refractivity (Wildman–Crippen MR) is 62.1 cm³/mol. The Kier molecular flexibility index (Phi) is 3.75. The van der Waals surface area contributed by atoms with Crippen molar-refractivity contribution in [3.63, 3.8) is 0 Å². The Labute approximate surface area is 100 Å². The molecule has 0 spiro atoms. The van der Waals surface area contributed by atoms with Crippen LogP contribution in [0.2, 0.25) is 0 Å². The number of hydrogen-bond acceptors (Lipinski definition) is 4. The summed E-state index contributed by atoms with van der Waals surface area (Å²) in [5.41, 5.74) is 0.762. The molecule has 0 saturated carbocycles. The number of rotatable bonds is 1. The van der Waals surface area contributed by atoms with E-state index in [0.717, 1.165) is 5.56 Å². The van der Waals surface area contributed by atoms with Crippen LogP contribution in [0.3, 0.4) is 0 Å². The van der Waals surface area contributed by atoms with Gasteiger partial charge >= 0.3 is 0 Å². The number of aliphatic hydroxyl groups excluding tert-OH is 2. The van der Waals surface area contributed by atoms with Crippen LogP contribution in [0.4, 0.5) is 0 Å². The van der Waals surface area contributed by atoms with E-state index in [4.69, 9.17) is 4.74 Å². The number of hydrogen-bond donors (Lipinski definition) is 2. The molecule has 1 fully saturated rings. The molecular weight excluding hydrogens is 218 g/mol. The van der Waals surface area contributed by atoms with Gasteiger partial charge in [0.05, 0.1) is 6.10 Å². The fourth-order valence-corrected chi connectivity index (χ4v) is 1.80. The van der Waals surface area contributed by atoms with Crippen molar-refractivity contribution >= 4 is 0 Å². The van der Waals surface area contributed by atoms with Crippen molar-refractivity contribution in [1.82, 2.24) is 4.98 Å². The molecule has 4 nitrogen and oxygen atoms in total. The van der Waals surface area contributed by atoms with E-state index < -0.39 is 18.3 Å². The molecule has 0 aliphatic carbocycles. The van der Waals surface area contributed by atoms with Crippen molar-refractivity contribution in [3.8, 4) is 11.8 Å². The van der Waals surface area contributed by atoms with Gasteiger partial charge in [-0.3, -0.25) is 4.98 Å². The van der Waals surface area contributed by atoms with E-state index in [1.807, 2.05) is 13.0 Å². The van der Waals surface area contributed by atoms with Crippen molar-refractivity contribution in [2.45, 2.75) is 37.8 Å². The van der Waals surface area contributed by atoms with Gasteiger partial charge in [0.1, 0.15) is 18.3 Å².